The van der Waals surface area contributed by atoms with Crippen molar-refractivity contribution in [1.82, 2.24) is 10.3 Å². The second-order valence-electron chi connectivity index (χ2n) is 5.29. The van der Waals surface area contributed by atoms with Crippen molar-refractivity contribution in [3.05, 3.63) is 62.4 Å². The van der Waals surface area contributed by atoms with Gasteiger partial charge >= 0.3 is 5.97 Å². The van der Waals surface area contributed by atoms with Gasteiger partial charge in [-0.15, -0.1) is 0 Å². The van der Waals surface area contributed by atoms with Crippen LogP contribution in [0.15, 0.2) is 40.9 Å². The number of carbonyl (C=O) groups excluding carboxylic acids is 1. The Morgan fingerprint density at radius 2 is 2.04 bits per heavy atom. The number of carbonyl (C=O) groups is 1. The molecule has 1 aromatic heterocycles. The van der Waals surface area contributed by atoms with E-state index in [2.05, 4.69) is 10.3 Å². The van der Waals surface area contributed by atoms with Crippen LogP contribution < -0.4 is 5.32 Å². The largest absolute Gasteiger partial charge is 0.463 e. The summed E-state index contributed by atoms with van der Waals surface area (Å²) in [4.78, 5) is 27.8. The molecule has 0 amide bonds. The van der Waals surface area contributed by atoms with Gasteiger partial charge in [0.1, 0.15) is 5.92 Å². The minimum Gasteiger partial charge on any atom is -0.463 e. The fourth-order valence-electron chi connectivity index (χ4n) is 2.72. The van der Waals surface area contributed by atoms with Crippen molar-refractivity contribution in [2.24, 2.45) is 0 Å². The molecule has 7 nitrogen and oxygen atoms in total. The third-order valence-electron chi connectivity index (χ3n) is 3.62. The van der Waals surface area contributed by atoms with Gasteiger partial charge < -0.3 is 10.1 Å². The van der Waals surface area contributed by atoms with Crippen LogP contribution in [0.3, 0.4) is 0 Å². The lowest BCUT2D eigenvalue weighted by molar-refractivity contribution is -0.431. The Labute approximate surface area is 134 Å². The van der Waals surface area contributed by atoms with Crippen LogP contribution >= 0.6 is 0 Å². The molecule has 0 aromatic carbocycles. The van der Waals surface area contributed by atoms with E-state index in [9.17, 15) is 14.9 Å². The van der Waals surface area contributed by atoms with Crippen molar-refractivity contribution in [3.63, 3.8) is 0 Å². The molecule has 2 rings (SSSR count). The Hall–Kier alpha value is -2.70. The molecular weight excluding hydrogens is 298 g/mol. The molecule has 1 N–H and O–H groups in total. The van der Waals surface area contributed by atoms with Gasteiger partial charge in [0.25, 0.3) is 5.70 Å². The zero-order valence-electron chi connectivity index (χ0n) is 13.5. The lowest BCUT2D eigenvalue weighted by atomic mass is 9.86. The summed E-state index contributed by atoms with van der Waals surface area (Å²) >= 11 is 0. The summed E-state index contributed by atoms with van der Waals surface area (Å²) in [6.45, 7) is 7.01. The average Bonchev–Trinajstić information content (AvgIpc) is 2.46. The minimum atomic E-state index is -0.856. The molecule has 1 aliphatic heterocycles. The molecule has 2 heterocycles. The number of aryl methyl sites for hydroxylation is 1. The number of dihydropyridines is 1. The zero-order valence-corrected chi connectivity index (χ0v) is 13.5. The monoisotopic (exact) mass is 317 g/mol. The van der Waals surface area contributed by atoms with Gasteiger partial charge in [-0.2, -0.15) is 0 Å². The highest BCUT2D eigenvalue weighted by molar-refractivity contribution is 5.92. The first kappa shape index (κ1) is 16.7. The Morgan fingerprint density at radius 3 is 2.61 bits per heavy atom. The van der Waals surface area contributed by atoms with Crippen molar-refractivity contribution in [1.29, 1.82) is 0 Å². The number of nitrogens with zero attached hydrogens (tertiary/aromatic N) is 2. The quantitative estimate of drug-likeness (QED) is 0.520. The Balaban J connectivity index is 2.65. The number of nitro groups is 1. The van der Waals surface area contributed by atoms with Gasteiger partial charge in [0.2, 0.25) is 0 Å². The van der Waals surface area contributed by atoms with Gasteiger partial charge in [-0.3, -0.25) is 15.1 Å². The number of esters is 1. The van der Waals surface area contributed by atoms with Crippen LogP contribution in [0.5, 0.6) is 0 Å². The number of pyridine rings is 1. The van der Waals surface area contributed by atoms with Crippen molar-refractivity contribution in [2.45, 2.75) is 33.6 Å². The molecule has 122 valence electrons. The van der Waals surface area contributed by atoms with E-state index in [0.717, 1.165) is 5.69 Å². The summed E-state index contributed by atoms with van der Waals surface area (Å²) < 4.78 is 5.09. The van der Waals surface area contributed by atoms with Crippen molar-refractivity contribution in [3.8, 4) is 0 Å². The summed E-state index contributed by atoms with van der Waals surface area (Å²) in [7, 11) is 0. The number of hydrogen-bond acceptors (Lipinski definition) is 6. The summed E-state index contributed by atoms with van der Waals surface area (Å²) in [5.74, 6) is -1.43. The molecule has 0 saturated carbocycles. The van der Waals surface area contributed by atoms with Gasteiger partial charge in [0, 0.05) is 11.4 Å². The maximum absolute atomic E-state index is 12.4. The molecule has 1 unspecified atom stereocenters. The SMILES string of the molecule is CCOC(=O)C1=C(C)NC(C)=C([N+](=O)[O-])C1c1cccc(C)n1. The molecule has 0 aliphatic carbocycles. The number of allylic oxidation sites excluding steroid dienone is 3. The standard InChI is InChI=1S/C16H19N3O4/c1-5-23-16(20)13-10(3)18-11(4)15(19(21)22)14(13)12-8-6-7-9(2)17-12/h6-8,14,18H,5H2,1-4H3. The van der Waals surface area contributed by atoms with Gasteiger partial charge in [0.05, 0.1) is 28.5 Å². The first-order chi connectivity index (χ1) is 10.9. The van der Waals surface area contributed by atoms with Crippen molar-refractivity contribution < 1.29 is 14.5 Å². The predicted octanol–water partition coefficient (Wildman–Crippen LogP) is 2.42. The van der Waals surface area contributed by atoms with E-state index in [4.69, 9.17) is 4.74 Å². The maximum Gasteiger partial charge on any atom is 0.337 e. The van der Waals surface area contributed by atoms with Crippen LogP contribution in [0, 0.1) is 17.0 Å². The van der Waals surface area contributed by atoms with E-state index < -0.39 is 16.8 Å². The fraction of sp³-hybridized carbons (Fsp3) is 0.375. The van der Waals surface area contributed by atoms with Gasteiger partial charge in [-0.1, -0.05) is 6.07 Å². The van der Waals surface area contributed by atoms with Crippen LogP contribution in [-0.4, -0.2) is 22.5 Å². The summed E-state index contributed by atoms with van der Waals surface area (Å²) in [5, 5.41) is 14.5. The Kier molecular flexibility index (Phi) is 4.78. The smallest absolute Gasteiger partial charge is 0.337 e. The van der Waals surface area contributed by atoms with E-state index in [1.54, 1.807) is 45.9 Å². The number of nitrogens with one attached hydrogen (secondary N) is 1. The molecule has 23 heavy (non-hydrogen) atoms. The molecule has 0 spiro atoms. The normalized spacial score (nSPS) is 17.8. The number of hydrogen-bond donors (Lipinski definition) is 1. The molecule has 0 bridgehead atoms. The molecule has 0 fully saturated rings. The topological polar surface area (TPSA) is 94.4 Å². The Bertz CT molecular complexity index is 722. The molecule has 0 saturated heterocycles. The number of ether oxygens (including phenoxy) is 1. The first-order valence-corrected chi connectivity index (χ1v) is 7.30. The van der Waals surface area contributed by atoms with E-state index >= 15 is 0 Å². The van der Waals surface area contributed by atoms with Crippen molar-refractivity contribution in [2.75, 3.05) is 6.61 Å². The summed E-state index contributed by atoms with van der Waals surface area (Å²) in [5.41, 5.74) is 2.26. The summed E-state index contributed by atoms with van der Waals surface area (Å²) in [6.07, 6.45) is 0. The van der Waals surface area contributed by atoms with E-state index in [-0.39, 0.29) is 17.9 Å². The molecule has 1 aliphatic rings. The third kappa shape index (κ3) is 3.23. The molecule has 7 heteroatoms. The van der Waals surface area contributed by atoms with E-state index in [1.165, 1.54) is 0 Å². The zero-order chi connectivity index (χ0) is 17.1. The number of rotatable bonds is 4. The summed E-state index contributed by atoms with van der Waals surface area (Å²) in [6, 6.07) is 5.25. The predicted molar refractivity (Wildman–Crippen MR) is 83.9 cm³/mol. The van der Waals surface area contributed by atoms with Crippen LogP contribution in [0.1, 0.15) is 38.1 Å². The molecule has 1 aromatic rings. The molecule has 1 atom stereocenters. The molecular formula is C16H19N3O4. The lowest BCUT2D eigenvalue weighted by Gasteiger charge is -2.25. The van der Waals surface area contributed by atoms with Crippen LogP contribution in [-0.2, 0) is 9.53 Å². The van der Waals surface area contributed by atoms with Gasteiger partial charge in [0.15, 0.2) is 0 Å². The Morgan fingerprint density at radius 1 is 1.35 bits per heavy atom. The van der Waals surface area contributed by atoms with Crippen molar-refractivity contribution >= 4 is 5.97 Å². The first-order valence-electron chi connectivity index (χ1n) is 7.30. The second-order valence-corrected chi connectivity index (χ2v) is 5.29. The van der Waals surface area contributed by atoms with Gasteiger partial charge in [-0.05, 0) is 39.8 Å². The number of aromatic nitrogens is 1. The average molecular weight is 317 g/mol. The maximum atomic E-state index is 12.4. The highest BCUT2D eigenvalue weighted by Gasteiger charge is 2.41. The highest BCUT2D eigenvalue weighted by atomic mass is 16.6. The fourth-order valence-corrected chi connectivity index (χ4v) is 2.72. The lowest BCUT2D eigenvalue weighted by Crippen LogP contribution is -2.32. The van der Waals surface area contributed by atoms with Gasteiger partial charge in [-0.25, -0.2) is 4.79 Å². The highest BCUT2D eigenvalue weighted by Crippen LogP contribution is 2.37. The third-order valence-corrected chi connectivity index (χ3v) is 3.62. The molecule has 0 radical (unpaired) electrons. The van der Waals surface area contributed by atoms with E-state index in [1.807, 2.05) is 0 Å². The van der Waals surface area contributed by atoms with Crippen LogP contribution in [0.2, 0.25) is 0 Å². The van der Waals surface area contributed by atoms with Crippen LogP contribution in [0.4, 0.5) is 0 Å². The van der Waals surface area contributed by atoms with E-state index in [0.29, 0.717) is 17.1 Å². The van der Waals surface area contributed by atoms with Crippen LogP contribution in [0.25, 0.3) is 0 Å². The second kappa shape index (κ2) is 6.60. The minimum absolute atomic E-state index is 0.0863.